The van der Waals surface area contributed by atoms with E-state index in [2.05, 4.69) is 5.10 Å². The van der Waals surface area contributed by atoms with Gasteiger partial charge in [0.05, 0.1) is 11.4 Å². The number of aromatic nitrogens is 2. The number of piperidine rings is 1. The molecule has 1 unspecified atom stereocenters. The summed E-state index contributed by atoms with van der Waals surface area (Å²) in [5.41, 5.74) is 1.14. The summed E-state index contributed by atoms with van der Waals surface area (Å²) >= 11 is 0. The molecule has 1 fully saturated rings. The highest BCUT2D eigenvalue weighted by atomic mass is 32.2. The van der Waals surface area contributed by atoms with Gasteiger partial charge in [-0.15, -0.1) is 0 Å². The van der Waals surface area contributed by atoms with Gasteiger partial charge >= 0.3 is 0 Å². The van der Waals surface area contributed by atoms with Crippen molar-refractivity contribution in [3.63, 3.8) is 0 Å². The van der Waals surface area contributed by atoms with E-state index in [9.17, 15) is 13.2 Å². The summed E-state index contributed by atoms with van der Waals surface area (Å²) in [7, 11) is -1.84. The van der Waals surface area contributed by atoms with Crippen LogP contribution in [0.25, 0.3) is 0 Å². The van der Waals surface area contributed by atoms with Gasteiger partial charge in [0, 0.05) is 32.5 Å². The molecule has 0 spiro atoms. The fourth-order valence-corrected chi connectivity index (χ4v) is 4.60. The first-order valence-corrected chi connectivity index (χ1v) is 8.26. The van der Waals surface area contributed by atoms with Crippen molar-refractivity contribution in [2.24, 2.45) is 13.0 Å². The van der Waals surface area contributed by atoms with Crippen molar-refractivity contribution in [2.75, 3.05) is 13.1 Å². The molecule has 2 heterocycles. The average molecular weight is 299 g/mol. The van der Waals surface area contributed by atoms with Crippen LogP contribution in [0.3, 0.4) is 0 Å². The van der Waals surface area contributed by atoms with E-state index < -0.39 is 10.0 Å². The molecule has 0 bridgehead atoms. The molecule has 1 aliphatic heterocycles. The monoisotopic (exact) mass is 299 g/mol. The van der Waals surface area contributed by atoms with Crippen molar-refractivity contribution in [3.8, 4) is 0 Å². The summed E-state index contributed by atoms with van der Waals surface area (Å²) in [6, 6.07) is 0. The predicted octanol–water partition coefficient (Wildman–Crippen LogP) is 1.03. The van der Waals surface area contributed by atoms with Crippen molar-refractivity contribution in [1.29, 1.82) is 0 Å². The highest BCUT2D eigenvalue weighted by Gasteiger charge is 2.36. The van der Waals surface area contributed by atoms with Gasteiger partial charge in [0.15, 0.2) is 0 Å². The number of nitrogens with zero attached hydrogens (tertiary/aromatic N) is 3. The van der Waals surface area contributed by atoms with Gasteiger partial charge in [-0.3, -0.25) is 9.48 Å². The maximum Gasteiger partial charge on any atom is 0.246 e. The Morgan fingerprint density at radius 2 is 2.00 bits per heavy atom. The molecule has 1 aliphatic rings. The first-order chi connectivity index (χ1) is 9.28. The number of sulfonamides is 1. The molecule has 1 aromatic heterocycles. The summed E-state index contributed by atoms with van der Waals surface area (Å²) in [5.74, 6) is -0.0191. The highest BCUT2D eigenvalue weighted by molar-refractivity contribution is 7.89. The quantitative estimate of drug-likeness (QED) is 0.835. The van der Waals surface area contributed by atoms with Crippen LogP contribution in [-0.2, 0) is 21.9 Å². The molecule has 1 atom stereocenters. The van der Waals surface area contributed by atoms with Crippen LogP contribution >= 0.6 is 0 Å². The first kappa shape index (κ1) is 15.2. The van der Waals surface area contributed by atoms with Gasteiger partial charge in [0.25, 0.3) is 0 Å². The number of Topliss-reactive ketones (excluding diaryl/α,β-unsaturated/α-hetero) is 1. The second-order valence-corrected chi connectivity index (χ2v) is 7.18. The van der Waals surface area contributed by atoms with Crippen molar-refractivity contribution in [1.82, 2.24) is 14.1 Å². The number of carbonyl (C=O) groups is 1. The second kappa shape index (κ2) is 5.29. The molecule has 0 amide bonds. The second-order valence-electron chi connectivity index (χ2n) is 5.31. The third kappa shape index (κ3) is 2.40. The van der Waals surface area contributed by atoms with Gasteiger partial charge in [-0.2, -0.15) is 9.40 Å². The Bertz CT molecular complexity index is 634. The van der Waals surface area contributed by atoms with E-state index in [1.165, 1.54) is 4.31 Å². The molecule has 112 valence electrons. The molecule has 1 aromatic rings. The lowest BCUT2D eigenvalue weighted by Gasteiger charge is -2.30. The van der Waals surface area contributed by atoms with Gasteiger partial charge in [0.2, 0.25) is 10.0 Å². The van der Waals surface area contributed by atoms with E-state index in [0.29, 0.717) is 24.2 Å². The maximum atomic E-state index is 12.8. The van der Waals surface area contributed by atoms with Gasteiger partial charge in [-0.05, 0) is 20.3 Å². The number of aryl methyl sites for hydroxylation is 2. The van der Waals surface area contributed by atoms with Crippen LogP contribution in [-0.4, -0.2) is 41.4 Å². The minimum absolute atomic E-state index is 0.165. The molecular formula is C13H21N3O3S. The standard InChI is InChI=1S/C13H21N3O3S/c1-5-11-8-16(7-6-12(11)17)20(18,19)13-9(2)14-15(4)10(13)3/h11H,5-8H2,1-4H3. The van der Waals surface area contributed by atoms with E-state index in [-0.39, 0.29) is 29.7 Å². The topological polar surface area (TPSA) is 72.3 Å². The molecule has 1 saturated heterocycles. The van der Waals surface area contributed by atoms with Crippen LogP contribution in [0.5, 0.6) is 0 Å². The van der Waals surface area contributed by atoms with E-state index >= 15 is 0 Å². The fourth-order valence-electron chi connectivity index (χ4n) is 2.71. The third-order valence-corrected chi connectivity index (χ3v) is 6.14. The lowest BCUT2D eigenvalue weighted by atomic mass is 9.96. The minimum atomic E-state index is -3.57. The Kier molecular flexibility index (Phi) is 4.02. The van der Waals surface area contributed by atoms with Gasteiger partial charge < -0.3 is 0 Å². The van der Waals surface area contributed by atoms with Crippen LogP contribution in [0.4, 0.5) is 0 Å². The van der Waals surface area contributed by atoms with Gasteiger partial charge in [-0.1, -0.05) is 6.92 Å². The smallest absolute Gasteiger partial charge is 0.246 e. The normalized spacial score (nSPS) is 21.4. The molecule has 20 heavy (non-hydrogen) atoms. The van der Waals surface area contributed by atoms with Crippen molar-refractivity contribution < 1.29 is 13.2 Å². The Balaban J connectivity index is 2.38. The Morgan fingerprint density at radius 1 is 1.35 bits per heavy atom. The van der Waals surface area contributed by atoms with E-state index in [0.717, 1.165) is 0 Å². The highest BCUT2D eigenvalue weighted by Crippen LogP contribution is 2.27. The first-order valence-electron chi connectivity index (χ1n) is 6.82. The molecule has 0 aromatic carbocycles. The predicted molar refractivity (Wildman–Crippen MR) is 74.8 cm³/mol. The Morgan fingerprint density at radius 3 is 2.50 bits per heavy atom. The lowest BCUT2D eigenvalue weighted by molar-refractivity contribution is -0.125. The van der Waals surface area contributed by atoms with Crippen molar-refractivity contribution >= 4 is 15.8 Å². The molecule has 0 radical (unpaired) electrons. The Labute approximate surface area is 119 Å². The zero-order valence-corrected chi connectivity index (χ0v) is 13.2. The van der Waals surface area contributed by atoms with Crippen LogP contribution in [0, 0.1) is 19.8 Å². The lowest BCUT2D eigenvalue weighted by Crippen LogP contribution is -2.44. The number of hydrogen-bond donors (Lipinski definition) is 0. The zero-order chi connectivity index (χ0) is 15.1. The van der Waals surface area contributed by atoms with E-state index in [4.69, 9.17) is 0 Å². The Hall–Kier alpha value is -1.21. The number of rotatable bonds is 3. The molecule has 2 rings (SSSR count). The van der Waals surface area contributed by atoms with E-state index in [1.807, 2.05) is 6.92 Å². The summed E-state index contributed by atoms with van der Waals surface area (Å²) in [5, 5.41) is 4.17. The third-order valence-electron chi connectivity index (χ3n) is 4.02. The maximum absolute atomic E-state index is 12.8. The van der Waals surface area contributed by atoms with Crippen LogP contribution < -0.4 is 0 Å². The largest absolute Gasteiger partial charge is 0.299 e. The molecule has 0 N–H and O–H groups in total. The summed E-state index contributed by atoms with van der Waals surface area (Å²) in [4.78, 5) is 12.0. The van der Waals surface area contributed by atoms with E-state index in [1.54, 1.807) is 25.6 Å². The summed E-state index contributed by atoms with van der Waals surface area (Å²) < 4.78 is 28.6. The SMILES string of the molecule is CCC1CN(S(=O)(=O)c2c(C)nn(C)c2C)CCC1=O. The minimum Gasteiger partial charge on any atom is -0.299 e. The molecule has 0 saturated carbocycles. The van der Waals surface area contributed by atoms with Crippen LogP contribution in [0.15, 0.2) is 4.90 Å². The molecule has 0 aliphatic carbocycles. The summed E-state index contributed by atoms with van der Waals surface area (Å²) in [6.07, 6.45) is 0.978. The average Bonchev–Trinajstić information content (AvgIpc) is 2.63. The zero-order valence-electron chi connectivity index (χ0n) is 12.4. The van der Waals surface area contributed by atoms with Crippen molar-refractivity contribution in [3.05, 3.63) is 11.4 Å². The summed E-state index contributed by atoms with van der Waals surface area (Å²) in [6.45, 7) is 5.92. The molecular weight excluding hydrogens is 278 g/mol. The molecule has 7 heteroatoms. The van der Waals surface area contributed by atoms with Crippen molar-refractivity contribution in [2.45, 2.75) is 38.5 Å². The number of carbonyl (C=O) groups excluding carboxylic acids is 1. The number of ketones is 1. The number of hydrogen-bond acceptors (Lipinski definition) is 4. The van der Waals surface area contributed by atoms with Crippen LogP contribution in [0.2, 0.25) is 0 Å². The fraction of sp³-hybridized carbons (Fsp3) is 0.692. The molecule has 6 nitrogen and oxygen atoms in total. The van der Waals surface area contributed by atoms with Gasteiger partial charge in [0.1, 0.15) is 10.7 Å². The van der Waals surface area contributed by atoms with Gasteiger partial charge in [-0.25, -0.2) is 8.42 Å². The van der Waals surface area contributed by atoms with Crippen LogP contribution in [0.1, 0.15) is 31.2 Å².